The second-order valence-corrected chi connectivity index (χ2v) is 3.75. The predicted molar refractivity (Wildman–Crippen MR) is 56.9 cm³/mol. The average molecular weight is 227 g/mol. The fourth-order valence-corrected chi connectivity index (χ4v) is 1.74. The molecule has 3 N–H and O–H groups in total. The zero-order valence-corrected chi connectivity index (χ0v) is 8.75. The highest BCUT2D eigenvalue weighted by molar-refractivity contribution is 6.30. The summed E-state index contributed by atoms with van der Waals surface area (Å²) < 4.78 is 5.40. The molecule has 15 heavy (non-hydrogen) atoms. The van der Waals surface area contributed by atoms with E-state index in [1.807, 2.05) is 0 Å². The molecule has 80 valence electrons. The SMILES string of the molecule is NCC(=O)NC1COc2ccc(Cl)cc21. The molecule has 1 atom stereocenters. The summed E-state index contributed by atoms with van der Waals surface area (Å²) >= 11 is 5.87. The Labute approximate surface area is 92.4 Å². The monoisotopic (exact) mass is 226 g/mol. The minimum Gasteiger partial charge on any atom is -0.491 e. The second kappa shape index (κ2) is 4.08. The zero-order valence-electron chi connectivity index (χ0n) is 8.00. The standard InChI is InChI=1S/C10H11ClN2O2/c11-6-1-2-9-7(3-6)8(5-15-9)13-10(14)4-12/h1-3,8H,4-5,12H2,(H,13,14). The summed E-state index contributed by atoms with van der Waals surface area (Å²) in [6.45, 7) is 0.411. The van der Waals surface area contributed by atoms with Gasteiger partial charge in [-0.25, -0.2) is 0 Å². The first kappa shape index (κ1) is 10.3. The zero-order chi connectivity index (χ0) is 10.8. The maximum Gasteiger partial charge on any atom is 0.234 e. The number of amides is 1. The molecule has 0 saturated carbocycles. The van der Waals surface area contributed by atoms with E-state index < -0.39 is 0 Å². The highest BCUT2D eigenvalue weighted by atomic mass is 35.5. The van der Waals surface area contributed by atoms with E-state index in [-0.39, 0.29) is 18.5 Å². The minimum atomic E-state index is -0.198. The molecule has 1 aliphatic rings. The van der Waals surface area contributed by atoms with Crippen molar-refractivity contribution >= 4 is 17.5 Å². The lowest BCUT2D eigenvalue weighted by atomic mass is 10.1. The van der Waals surface area contributed by atoms with Crippen LogP contribution in [0.5, 0.6) is 5.75 Å². The topological polar surface area (TPSA) is 64.4 Å². The molecule has 5 heteroatoms. The number of hydrogen-bond donors (Lipinski definition) is 2. The molecule has 0 bridgehead atoms. The van der Waals surface area contributed by atoms with Crippen molar-refractivity contribution in [2.24, 2.45) is 5.73 Å². The third kappa shape index (κ3) is 2.06. The summed E-state index contributed by atoms with van der Waals surface area (Å²) in [4.78, 5) is 11.1. The summed E-state index contributed by atoms with van der Waals surface area (Å²) in [5.41, 5.74) is 6.13. The van der Waals surface area contributed by atoms with Crippen molar-refractivity contribution < 1.29 is 9.53 Å². The highest BCUT2D eigenvalue weighted by Gasteiger charge is 2.25. The van der Waals surface area contributed by atoms with Crippen LogP contribution in [-0.2, 0) is 4.79 Å². The largest absolute Gasteiger partial charge is 0.491 e. The van der Waals surface area contributed by atoms with E-state index in [1.165, 1.54) is 0 Å². The number of fused-ring (bicyclic) bond motifs is 1. The van der Waals surface area contributed by atoms with Gasteiger partial charge in [-0.1, -0.05) is 11.6 Å². The molecular formula is C10H11ClN2O2. The maximum atomic E-state index is 11.1. The van der Waals surface area contributed by atoms with Crippen molar-refractivity contribution in [3.8, 4) is 5.75 Å². The van der Waals surface area contributed by atoms with E-state index in [2.05, 4.69) is 5.32 Å². The number of carbonyl (C=O) groups excluding carboxylic acids is 1. The third-order valence-electron chi connectivity index (χ3n) is 2.27. The number of benzene rings is 1. The van der Waals surface area contributed by atoms with Crippen LogP contribution in [0.1, 0.15) is 11.6 Å². The van der Waals surface area contributed by atoms with Crippen molar-refractivity contribution in [2.45, 2.75) is 6.04 Å². The minimum absolute atomic E-state index is 0.0214. The predicted octanol–water partition coefficient (Wildman–Crippen LogP) is 0.848. The van der Waals surface area contributed by atoms with Crippen LogP contribution >= 0.6 is 11.6 Å². The first-order chi connectivity index (χ1) is 7.20. The molecule has 0 saturated heterocycles. The number of nitrogens with two attached hydrogens (primary N) is 1. The number of hydrogen-bond acceptors (Lipinski definition) is 3. The summed E-state index contributed by atoms with van der Waals surface area (Å²) in [6, 6.07) is 5.21. The van der Waals surface area contributed by atoms with Gasteiger partial charge in [0, 0.05) is 10.6 Å². The quantitative estimate of drug-likeness (QED) is 0.786. The molecule has 1 aromatic rings. The van der Waals surface area contributed by atoms with Crippen LogP contribution in [0.15, 0.2) is 18.2 Å². The van der Waals surface area contributed by atoms with Crippen molar-refractivity contribution in [3.05, 3.63) is 28.8 Å². The number of ether oxygens (including phenoxy) is 1. The molecule has 2 rings (SSSR count). The van der Waals surface area contributed by atoms with Gasteiger partial charge in [0.2, 0.25) is 5.91 Å². The van der Waals surface area contributed by atoms with Gasteiger partial charge in [-0.15, -0.1) is 0 Å². The normalized spacial score (nSPS) is 18.1. The van der Waals surface area contributed by atoms with E-state index in [1.54, 1.807) is 18.2 Å². The molecule has 0 aromatic heterocycles. The van der Waals surface area contributed by atoms with E-state index in [0.717, 1.165) is 11.3 Å². The Bertz CT molecular complexity index is 395. The molecule has 0 aliphatic carbocycles. The lowest BCUT2D eigenvalue weighted by molar-refractivity contribution is -0.120. The fourth-order valence-electron chi connectivity index (χ4n) is 1.56. The van der Waals surface area contributed by atoms with Crippen molar-refractivity contribution in [3.63, 3.8) is 0 Å². The lowest BCUT2D eigenvalue weighted by Gasteiger charge is -2.10. The third-order valence-corrected chi connectivity index (χ3v) is 2.51. The van der Waals surface area contributed by atoms with Crippen LogP contribution < -0.4 is 15.8 Å². The van der Waals surface area contributed by atoms with Gasteiger partial charge in [-0.05, 0) is 18.2 Å². The van der Waals surface area contributed by atoms with Gasteiger partial charge < -0.3 is 15.8 Å². The molecular weight excluding hydrogens is 216 g/mol. The first-order valence-corrected chi connectivity index (χ1v) is 5.00. The molecule has 1 amide bonds. The van der Waals surface area contributed by atoms with Gasteiger partial charge in [0.15, 0.2) is 0 Å². The molecule has 0 radical (unpaired) electrons. The summed E-state index contributed by atoms with van der Waals surface area (Å²) in [5.74, 6) is 0.568. The Kier molecular flexibility index (Phi) is 2.79. The summed E-state index contributed by atoms with van der Waals surface area (Å²) in [6.07, 6.45) is 0. The van der Waals surface area contributed by atoms with Gasteiger partial charge >= 0.3 is 0 Å². The van der Waals surface area contributed by atoms with Crippen molar-refractivity contribution in [2.75, 3.05) is 13.2 Å². The van der Waals surface area contributed by atoms with Crippen LogP contribution in [0.3, 0.4) is 0 Å². The number of rotatable bonds is 2. The summed E-state index contributed by atoms with van der Waals surface area (Å²) in [7, 11) is 0. The fraction of sp³-hybridized carbons (Fsp3) is 0.300. The van der Waals surface area contributed by atoms with E-state index >= 15 is 0 Å². The van der Waals surface area contributed by atoms with Gasteiger partial charge in [0.05, 0.1) is 12.6 Å². The Morgan fingerprint density at radius 3 is 3.20 bits per heavy atom. The van der Waals surface area contributed by atoms with E-state index in [0.29, 0.717) is 11.6 Å². The van der Waals surface area contributed by atoms with Crippen LogP contribution in [0.4, 0.5) is 0 Å². The molecule has 0 spiro atoms. The molecule has 1 unspecified atom stereocenters. The van der Waals surface area contributed by atoms with Crippen LogP contribution in [-0.4, -0.2) is 19.1 Å². The smallest absolute Gasteiger partial charge is 0.234 e. The molecule has 1 heterocycles. The number of nitrogens with one attached hydrogen (secondary N) is 1. The Morgan fingerprint density at radius 2 is 2.47 bits per heavy atom. The van der Waals surface area contributed by atoms with Crippen LogP contribution in [0, 0.1) is 0 Å². The van der Waals surface area contributed by atoms with Crippen LogP contribution in [0.2, 0.25) is 5.02 Å². The van der Waals surface area contributed by atoms with Gasteiger partial charge in [-0.2, -0.15) is 0 Å². The van der Waals surface area contributed by atoms with Gasteiger partial charge in [-0.3, -0.25) is 4.79 Å². The van der Waals surface area contributed by atoms with Crippen molar-refractivity contribution in [1.82, 2.24) is 5.32 Å². The Hall–Kier alpha value is -1.26. The maximum absolute atomic E-state index is 11.1. The number of halogens is 1. The summed E-state index contributed by atoms with van der Waals surface area (Å²) in [5, 5.41) is 3.40. The second-order valence-electron chi connectivity index (χ2n) is 3.32. The average Bonchev–Trinajstić information content (AvgIpc) is 2.61. The van der Waals surface area contributed by atoms with Crippen molar-refractivity contribution in [1.29, 1.82) is 0 Å². The van der Waals surface area contributed by atoms with E-state index in [4.69, 9.17) is 22.1 Å². The molecule has 1 aromatic carbocycles. The highest BCUT2D eigenvalue weighted by Crippen LogP contribution is 2.34. The van der Waals surface area contributed by atoms with E-state index in [9.17, 15) is 4.79 Å². The molecule has 4 nitrogen and oxygen atoms in total. The van der Waals surface area contributed by atoms with Crippen LogP contribution in [0.25, 0.3) is 0 Å². The first-order valence-electron chi connectivity index (χ1n) is 4.62. The lowest BCUT2D eigenvalue weighted by Crippen LogP contribution is -2.34. The Morgan fingerprint density at radius 1 is 1.67 bits per heavy atom. The van der Waals surface area contributed by atoms with Gasteiger partial charge in [0.25, 0.3) is 0 Å². The Balaban J connectivity index is 2.20. The molecule has 0 fully saturated rings. The molecule has 1 aliphatic heterocycles. The van der Waals surface area contributed by atoms with Gasteiger partial charge in [0.1, 0.15) is 12.4 Å². The number of carbonyl (C=O) groups is 1.